The Bertz CT molecular complexity index is 2890. The van der Waals surface area contributed by atoms with Crippen molar-refractivity contribution in [3.8, 4) is 78.1 Å². The molecule has 288 valence electrons. The monoisotopic (exact) mass is 770 g/mol. The Morgan fingerprint density at radius 2 is 0.850 bits per heavy atom. The Hall–Kier alpha value is -7.16. The van der Waals surface area contributed by atoms with E-state index in [1.54, 1.807) is 0 Å². The summed E-state index contributed by atoms with van der Waals surface area (Å²) < 4.78 is 0. The lowest BCUT2D eigenvalue weighted by molar-refractivity contribution is 0.742. The number of nitrogens with zero attached hydrogens (tertiary/aromatic N) is 2. The van der Waals surface area contributed by atoms with E-state index in [0.717, 1.165) is 58.7 Å². The summed E-state index contributed by atoms with van der Waals surface area (Å²) in [5.74, 6) is 0.810. The van der Waals surface area contributed by atoms with Crippen LogP contribution in [0, 0.1) is 0 Å². The van der Waals surface area contributed by atoms with Crippen LogP contribution in [0.3, 0.4) is 0 Å². The largest absolute Gasteiger partial charge is 0.228 e. The van der Waals surface area contributed by atoms with Crippen molar-refractivity contribution >= 4 is 11.1 Å². The van der Waals surface area contributed by atoms with Crippen molar-refractivity contribution in [2.75, 3.05) is 0 Å². The Morgan fingerprint density at radius 1 is 0.333 bits per heavy atom. The highest BCUT2D eigenvalue weighted by molar-refractivity contribution is 5.96. The van der Waals surface area contributed by atoms with Crippen LogP contribution in [0.25, 0.3) is 89.3 Å². The fraction of sp³-hybridized carbons (Fsp3) is 0.103. The van der Waals surface area contributed by atoms with Crippen LogP contribution in [0.1, 0.15) is 49.9 Å². The summed E-state index contributed by atoms with van der Waals surface area (Å²) in [6.45, 7) is 0. The second kappa shape index (κ2) is 17.0. The Balaban J connectivity index is 0.978. The molecule has 0 radical (unpaired) electrons. The zero-order valence-corrected chi connectivity index (χ0v) is 33.8. The highest BCUT2D eigenvalue weighted by Gasteiger charge is 2.17. The minimum absolute atomic E-state index is 0.810. The number of hydrogen-bond acceptors (Lipinski definition) is 2. The first-order valence-corrected chi connectivity index (χ1v) is 21.3. The van der Waals surface area contributed by atoms with Gasteiger partial charge in [-0.15, -0.1) is 0 Å². The SMILES string of the molecule is C1=CCCC(c2nc(-c3ccc(C4=CCCCC4)cc3)cc(-c3cccc(-c4ccc(-c5ccccc5-c5ccccc5-c5ccccc5-c5ccccc5)cc4)c3)n2)=C1. The molecular weight excluding hydrogens is 725 g/mol. The summed E-state index contributed by atoms with van der Waals surface area (Å²) in [5, 5.41) is 0. The maximum Gasteiger partial charge on any atom is 0.156 e. The maximum absolute atomic E-state index is 5.20. The first-order chi connectivity index (χ1) is 29.7. The van der Waals surface area contributed by atoms with Gasteiger partial charge in [-0.1, -0.05) is 194 Å². The van der Waals surface area contributed by atoms with Gasteiger partial charge in [-0.3, -0.25) is 0 Å². The highest BCUT2D eigenvalue weighted by Crippen LogP contribution is 2.42. The summed E-state index contributed by atoms with van der Waals surface area (Å²) in [4.78, 5) is 10.4. The molecule has 0 atom stereocenters. The van der Waals surface area contributed by atoms with Gasteiger partial charge in [0, 0.05) is 11.1 Å². The van der Waals surface area contributed by atoms with E-state index in [1.807, 2.05) is 0 Å². The van der Waals surface area contributed by atoms with Crippen molar-refractivity contribution < 1.29 is 0 Å². The van der Waals surface area contributed by atoms with Gasteiger partial charge in [-0.25, -0.2) is 9.97 Å². The third-order valence-electron chi connectivity index (χ3n) is 12.0. The molecule has 1 heterocycles. The number of allylic oxidation sites excluding steroid dienone is 6. The van der Waals surface area contributed by atoms with Crippen LogP contribution in [0.5, 0.6) is 0 Å². The summed E-state index contributed by atoms with van der Waals surface area (Å²) in [6, 6.07) is 66.0. The van der Waals surface area contributed by atoms with E-state index < -0.39 is 0 Å². The fourth-order valence-electron chi connectivity index (χ4n) is 8.84. The Labute approximate surface area is 354 Å². The summed E-state index contributed by atoms with van der Waals surface area (Å²) in [6.07, 6.45) is 15.8. The second-order valence-corrected chi connectivity index (χ2v) is 15.8. The normalized spacial score (nSPS) is 13.7. The molecule has 7 aromatic carbocycles. The van der Waals surface area contributed by atoms with Crippen LogP contribution in [-0.4, -0.2) is 9.97 Å². The van der Waals surface area contributed by atoms with E-state index in [0.29, 0.717) is 0 Å². The van der Waals surface area contributed by atoms with Crippen LogP contribution in [-0.2, 0) is 0 Å². The molecule has 2 aliphatic rings. The molecule has 0 spiro atoms. The van der Waals surface area contributed by atoms with Crippen molar-refractivity contribution in [3.63, 3.8) is 0 Å². The van der Waals surface area contributed by atoms with Gasteiger partial charge < -0.3 is 0 Å². The molecule has 10 rings (SSSR count). The van der Waals surface area contributed by atoms with Gasteiger partial charge in [0.1, 0.15) is 0 Å². The van der Waals surface area contributed by atoms with Gasteiger partial charge in [0.25, 0.3) is 0 Å². The topological polar surface area (TPSA) is 25.8 Å². The van der Waals surface area contributed by atoms with Crippen LogP contribution < -0.4 is 0 Å². The number of benzene rings is 7. The molecule has 0 bridgehead atoms. The summed E-state index contributed by atoms with van der Waals surface area (Å²) >= 11 is 0. The third kappa shape index (κ3) is 7.73. The molecule has 0 fully saturated rings. The standard InChI is InChI=1S/C58H46N2/c1-4-17-41(18-5-1)42-33-37-46(38-34-42)56-40-57(60-58(59-56)47-21-8-3-9-22-47)49-24-16-23-48(39-49)43-31-35-45(36-32-43)51-26-11-13-28-53(51)55-30-15-14-29-54(55)52-27-12-10-25-50(52)44-19-6-2-7-20-44/h2-3,6-8,10-17,19-21,23-40H,1,4-5,9,18,22H2. The van der Waals surface area contributed by atoms with Crippen molar-refractivity contribution in [1.82, 2.24) is 9.97 Å². The van der Waals surface area contributed by atoms with E-state index >= 15 is 0 Å². The summed E-state index contributed by atoms with van der Waals surface area (Å²) in [5.41, 5.74) is 20.1. The van der Waals surface area contributed by atoms with Crippen LogP contribution >= 0.6 is 0 Å². The van der Waals surface area contributed by atoms with Crippen LogP contribution in [0.4, 0.5) is 0 Å². The quantitative estimate of drug-likeness (QED) is 0.146. The lowest BCUT2D eigenvalue weighted by Gasteiger charge is -2.17. The molecular formula is C58H46N2. The Morgan fingerprint density at radius 3 is 1.47 bits per heavy atom. The smallest absolute Gasteiger partial charge is 0.156 e. The zero-order valence-electron chi connectivity index (χ0n) is 33.8. The molecule has 2 aliphatic carbocycles. The van der Waals surface area contributed by atoms with Gasteiger partial charge in [-0.05, 0) is 123 Å². The second-order valence-electron chi connectivity index (χ2n) is 15.8. The fourth-order valence-corrected chi connectivity index (χ4v) is 8.84. The molecule has 0 amide bonds. The zero-order chi connectivity index (χ0) is 40.1. The molecule has 2 nitrogen and oxygen atoms in total. The van der Waals surface area contributed by atoms with E-state index in [1.165, 1.54) is 80.5 Å². The van der Waals surface area contributed by atoms with Gasteiger partial charge in [0.2, 0.25) is 0 Å². The van der Waals surface area contributed by atoms with E-state index in [-0.39, 0.29) is 0 Å². The van der Waals surface area contributed by atoms with Gasteiger partial charge in [0.05, 0.1) is 11.4 Å². The first kappa shape index (κ1) is 37.1. The highest BCUT2D eigenvalue weighted by atomic mass is 14.9. The number of aromatic nitrogens is 2. The molecule has 0 aliphatic heterocycles. The van der Waals surface area contributed by atoms with Crippen molar-refractivity contribution in [2.45, 2.75) is 38.5 Å². The molecule has 8 aromatic rings. The first-order valence-electron chi connectivity index (χ1n) is 21.3. The van der Waals surface area contributed by atoms with Gasteiger partial charge in [0.15, 0.2) is 5.82 Å². The lowest BCUT2D eigenvalue weighted by Crippen LogP contribution is -2.01. The number of hydrogen-bond donors (Lipinski definition) is 0. The lowest BCUT2D eigenvalue weighted by atomic mass is 9.86. The molecule has 2 heteroatoms. The van der Waals surface area contributed by atoms with Gasteiger partial charge in [-0.2, -0.15) is 0 Å². The van der Waals surface area contributed by atoms with Crippen molar-refractivity contribution in [2.24, 2.45) is 0 Å². The predicted molar refractivity (Wildman–Crippen MR) is 253 cm³/mol. The average molecular weight is 771 g/mol. The molecule has 0 N–H and O–H groups in total. The van der Waals surface area contributed by atoms with Gasteiger partial charge >= 0.3 is 0 Å². The van der Waals surface area contributed by atoms with Crippen LogP contribution in [0.15, 0.2) is 206 Å². The van der Waals surface area contributed by atoms with Crippen molar-refractivity contribution in [1.29, 1.82) is 0 Å². The maximum atomic E-state index is 5.20. The van der Waals surface area contributed by atoms with E-state index in [4.69, 9.17) is 9.97 Å². The summed E-state index contributed by atoms with van der Waals surface area (Å²) in [7, 11) is 0. The molecule has 1 aromatic heterocycles. The Kier molecular flexibility index (Phi) is 10.5. The minimum Gasteiger partial charge on any atom is -0.228 e. The molecule has 60 heavy (non-hydrogen) atoms. The van der Waals surface area contributed by atoms with Crippen LogP contribution in [0.2, 0.25) is 0 Å². The predicted octanol–water partition coefficient (Wildman–Crippen LogP) is 15.8. The average Bonchev–Trinajstić information content (AvgIpc) is 3.35. The molecule has 0 saturated carbocycles. The molecule has 0 saturated heterocycles. The van der Waals surface area contributed by atoms with Crippen molar-refractivity contribution in [3.05, 3.63) is 218 Å². The third-order valence-corrected chi connectivity index (χ3v) is 12.0. The number of rotatable bonds is 9. The van der Waals surface area contributed by atoms with E-state index in [9.17, 15) is 0 Å². The molecule has 0 unspecified atom stereocenters. The van der Waals surface area contributed by atoms with E-state index in [2.05, 4.69) is 206 Å². The minimum atomic E-state index is 0.810.